The van der Waals surface area contributed by atoms with Gasteiger partial charge in [-0.3, -0.25) is 0 Å². The molecule has 93 valence electrons. The predicted octanol–water partition coefficient (Wildman–Crippen LogP) is 1.45. The number of piperidine rings is 1. The van der Waals surface area contributed by atoms with E-state index in [4.69, 9.17) is 9.84 Å². The Morgan fingerprint density at radius 3 is 2.12 bits per heavy atom. The number of nitrogens with zero attached hydrogens (tertiary/aromatic N) is 1. The maximum absolute atomic E-state index is 12.0. The van der Waals surface area contributed by atoms with Crippen LogP contribution in [0.1, 0.15) is 40.5 Å². The van der Waals surface area contributed by atoms with Crippen LogP contribution in [-0.4, -0.2) is 39.9 Å². The molecule has 0 atom stereocenters. The molecule has 1 fully saturated rings. The van der Waals surface area contributed by atoms with Crippen molar-refractivity contribution in [3.63, 3.8) is 0 Å². The minimum absolute atomic E-state index is 0.161. The highest BCUT2D eigenvalue weighted by molar-refractivity contribution is 5.68. The summed E-state index contributed by atoms with van der Waals surface area (Å²) >= 11 is 0. The predicted molar refractivity (Wildman–Crippen MR) is 57.3 cm³/mol. The molecule has 0 unspecified atom stereocenters. The lowest BCUT2D eigenvalue weighted by molar-refractivity contribution is -0.301. The van der Waals surface area contributed by atoms with Gasteiger partial charge in [0.2, 0.25) is 0 Å². The number of carboxylic acid groups (broad SMARTS) is 1. The fourth-order valence-corrected chi connectivity index (χ4v) is 2.48. The van der Waals surface area contributed by atoms with Gasteiger partial charge in [-0.05, 0) is 40.5 Å². The molecular weight excluding hydrogens is 210 g/mol. The van der Waals surface area contributed by atoms with Gasteiger partial charge in [0, 0.05) is 11.1 Å². The lowest BCUT2D eigenvalue weighted by Gasteiger charge is -2.49. The molecule has 16 heavy (non-hydrogen) atoms. The monoisotopic (exact) mass is 230 g/mol. The maximum Gasteiger partial charge on any atom is 0.329 e. The highest BCUT2D eigenvalue weighted by Crippen LogP contribution is 2.38. The largest absolute Gasteiger partial charge is 0.480 e. The second-order valence-corrected chi connectivity index (χ2v) is 5.65. The molecule has 0 spiro atoms. The van der Waals surface area contributed by atoms with E-state index in [1.807, 2.05) is 27.7 Å². The zero-order valence-electron chi connectivity index (χ0n) is 10.3. The molecule has 0 aromatic rings. The van der Waals surface area contributed by atoms with Crippen molar-refractivity contribution in [3.8, 4) is 0 Å². The summed E-state index contributed by atoms with van der Waals surface area (Å²) in [6.45, 7) is 7.14. The Morgan fingerprint density at radius 2 is 1.75 bits per heavy atom. The molecule has 1 aliphatic heterocycles. The third-order valence-corrected chi connectivity index (χ3v) is 3.00. The molecule has 0 saturated carbocycles. The lowest BCUT2D eigenvalue weighted by Crippen LogP contribution is -2.60. The Balaban J connectivity index is 2.67. The summed E-state index contributed by atoms with van der Waals surface area (Å²) in [4.78, 5) is 10.4. The van der Waals surface area contributed by atoms with Crippen LogP contribution in [0.25, 0.3) is 0 Å². The molecule has 5 heteroatoms. The van der Waals surface area contributed by atoms with Gasteiger partial charge in [-0.2, -0.15) is 0 Å². The second-order valence-electron chi connectivity index (χ2n) is 5.65. The molecule has 1 rings (SSSR count). The van der Waals surface area contributed by atoms with Crippen LogP contribution in [0, 0.1) is 0 Å². The first kappa shape index (κ1) is 13.4. The van der Waals surface area contributed by atoms with Gasteiger partial charge in [0.1, 0.15) is 6.61 Å². The third kappa shape index (κ3) is 2.93. The van der Waals surface area contributed by atoms with E-state index in [9.17, 15) is 10.0 Å². The molecular formula is C11H20NO4. The number of ether oxygens (including phenoxy) is 1. The van der Waals surface area contributed by atoms with Crippen molar-refractivity contribution in [2.45, 2.75) is 57.7 Å². The topological polar surface area (TPSA) is 69.7 Å². The molecule has 1 radical (unpaired) electrons. The Labute approximate surface area is 96.0 Å². The molecule has 0 aromatic heterocycles. The van der Waals surface area contributed by atoms with Gasteiger partial charge in [0.05, 0.1) is 6.10 Å². The fraction of sp³-hybridized carbons (Fsp3) is 0.909. The van der Waals surface area contributed by atoms with Crippen LogP contribution in [0.5, 0.6) is 0 Å². The van der Waals surface area contributed by atoms with Gasteiger partial charge in [-0.15, -0.1) is 10.3 Å². The molecule has 1 saturated heterocycles. The molecule has 0 aliphatic carbocycles. The van der Waals surface area contributed by atoms with Crippen molar-refractivity contribution in [2.24, 2.45) is 0 Å². The van der Waals surface area contributed by atoms with E-state index in [0.717, 1.165) is 5.06 Å². The number of hydrogen-bond acceptors (Lipinski definition) is 3. The Kier molecular flexibility index (Phi) is 3.62. The van der Waals surface area contributed by atoms with E-state index in [1.165, 1.54) is 0 Å². The van der Waals surface area contributed by atoms with Crippen molar-refractivity contribution in [1.82, 2.24) is 5.06 Å². The third-order valence-electron chi connectivity index (χ3n) is 3.00. The van der Waals surface area contributed by atoms with Crippen LogP contribution in [0.4, 0.5) is 0 Å². The second kappa shape index (κ2) is 4.31. The molecule has 5 nitrogen and oxygen atoms in total. The van der Waals surface area contributed by atoms with Crippen LogP contribution in [-0.2, 0) is 14.7 Å². The van der Waals surface area contributed by atoms with Gasteiger partial charge >= 0.3 is 5.97 Å². The average Bonchev–Trinajstić information content (AvgIpc) is 2.10. The smallest absolute Gasteiger partial charge is 0.329 e. The van der Waals surface area contributed by atoms with Crippen LogP contribution >= 0.6 is 0 Å². The molecule has 0 bridgehead atoms. The summed E-state index contributed by atoms with van der Waals surface area (Å²) in [5, 5.41) is 21.7. The summed E-state index contributed by atoms with van der Waals surface area (Å²) in [6, 6.07) is 0. The van der Waals surface area contributed by atoms with Crippen molar-refractivity contribution in [3.05, 3.63) is 0 Å². The molecule has 1 aliphatic rings. The van der Waals surface area contributed by atoms with Gasteiger partial charge in [-0.25, -0.2) is 4.79 Å². The first-order valence-electron chi connectivity index (χ1n) is 5.46. The summed E-state index contributed by atoms with van der Waals surface area (Å²) in [6.07, 6.45) is 0.965. The molecule has 1 heterocycles. The fourth-order valence-electron chi connectivity index (χ4n) is 2.48. The number of carboxylic acids is 1. The summed E-state index contributed by atoms with van der Waals surface area (Å²) in [7, 11) is 0. The minimum Gasteiger partial charge on any atom is -0.480 e. The van der Waals surface area contributed by atoms with E-state index < -0.39 is 17.0 Å². The summed E-state index contributed by atoms with van der Waals surface area (Å²) < 4.78 is 5.30. The SMILES string of the molecule is CC1(C)CC(OCC(=O)O)CC(C)(C)N1[O]. The van der Waals surface area contributed by atoms with Crippen LogP contribution in [0.15, 0.2) is 0 Å². The molecule has 0 amide bonds. The molecule has 1 N–H and O–H groups in total. The van der Waals surface area contributed by atoms with E-state index >= 15 is 0 Å². The van der Waals surface area contributed by atoms with Gasteiger partial charge in [-0.1, -0.05) is 0 Å². The first-order valence-corrected chi connectivity index (χ1v) is 5.46. The quantitative estimate of drug-likeness (QED) is 0.796. The van der Waals surface area contributed by atoms with Crippen LogP contribution in [0.2, 0.25) is 0 Å². The number of hydroxylamine groups is 2. The maximum atomic E-state index is 12.0. The zero-order valence-corrected chi connectivity index (χ0v) is 10.3. The van der Waals surface area contributed by atoms with Gasteiger partial charge in [0.15, 0.2) is 0 Å². The standard InChI is InChI=1S/C11H20NO4/c1-10(2)5-8(16-7-9(13)14)6-11(3,4)12(10)15/h8H,5-7H2,1-4H3,(H,13,14). The highest BCUT2D eigenvalue weighted by atomic mass is 16.5. The summed E-state index contributed by atoms with van der Waals surface area (Å²) in [5.41, 5.74) is -1.02. The van der Waals surface area contributed by atoms with Gasteiger partial charge in [0.25, 0.3) is 0 Å². The van der Waals surface area contributed by atoms with Crippen LogP contribution in [0.3, 0.4) is 0 Å². The summed E-state index contributed by atoms with van der Waals surface area (Å²) in [5.74, 6) is -0.972. The first-order chi connectivity index (χ1) is 7.15. The van der Waals surface area contributed by atoms with E-state index in [2.05, 4.69) is 0 Å². The number of carbonyl (C=O) groups is 1. The average molecular weight is 230 g/mol. The minimum atomic E-state index is -0.972. The normalized spacial score (nSPS) is 25.6. The van der Waals surface area contributed by atoms with Crippen molar-refractivity contribution < 1.29 is 19.8 Å². The van der Waals surface area contributed by atoms with E-state index in [0.29, 0.717) is 12.8 Å². The Hall–Kier alpha value is -0.650. The Bertz CT molecular complexity index is 257. The number of rotatable bonds is 3. The van der Waals surface area contributed by atoms with Crippen LogP contribution < -0.4 is 0 Å². The zero-order chi connectivity index (χ0) is 12.6. The molecule has 0 aromatic carbocycles. The van der Waals surface area contributed by atoms with Gasteiger partial charge < -0.3 is 9.84 Å². The highest BCUT2D eigenvalue weighted by Gasteiger charge is 2.46. The lowest BCUT2D eigenvalue weighted by atomic mass is 9.80. The Morgan fingerprint density at radius 1 is 1.31 bits per heavy atom. The van der Waals surface area contributed by atoms with E-state index in [1.54, 1.807) is 0 Å². The van der Waals surface area contributed by atoms with E-state index in [-0.39, 0.29) is 12.7 Å². The number of aliphatic carboxylic acids is 1. The van der Waals surface area contributed by atoms with Crippen molar-refractivity contribution in [2.75, 3.05) is 6.61 Å². The van der Waals surface area contributed by atoms with Crippen molar-refractivity contribution >= 4 is 5.97 Å². The van der Waals surface area contributed by atoms with Crippen molar-refractivity contribution in [1.29, 1.82) is 0 Å². The number of hydrogen-bond donors (Lipinski definition) is 1.